The Kier molecular flexibility index (Phi) is 5.83. The third-order valence-electron chi connectivity index (χ3n) is 11.1. The Bertz CT molecular complexity index is 3100. The molecule has 0 saturated heterocycles. The molecule has 0 fully saturated rings. The van der Waals surface area contributed by atoms with Gasteiger partial charge >= 0.3 is 6.92 Å². The van der Waals surface area contributed by atoms with Crippen LogP contribution in [0, 0.1) is 0 Å². The van der Waals surface area contributed by atoms with Gasteiger partial charge in [0, 0.05) is 55.4 Å². The summed E-state index contributed by atoms with van der Waals surface area (Å²) < 4.78 is 22.6. The Labute approximate surface area is 305 Å². The SMILES string of the molecule is c1cc(-c2cc3c4c(c2)-c2ccccc2OB4c2ccc(-n4c5ccccc5c5ccccc54)cc2O3)cc(-c2cccc3c2oc2ccccc23)c1. The van der Waals surface area contributed by atoms with Gasteiger partial charge in [0.2, 0.25) is 0 Å². The summed E-state index contributed by atoms with van der Waals surface area (Å²) in [5, 5.41) is 4.71. The highest BCUT2D eigenvalue weighted by atomic mass is 16.5. The van der Waals surface area contributed by atoms with Crippen LogP contribution in [-0.4, -0.2) is 11.5 Å². The number of aromatic nitrogens is 1. The van der Waals surface area contributed by atoms with Crippen LogP contribution in [0.15, 0.2) is 174 Å². The maximum Gasteiger partial charge on any atom is 0.434 e. The number of hydrogen-bond donors (Lipinski definition) is 0. The van der Waals surface area contributed by atoms with Crippen molar-refractivity contribution in [1.29, 1.82) is 0 Å². The number of para-hydroxylation sites is 5. The van der Waals surface area contributed by atoms with E-state index in [4.69, 9.17) is 13.8 Å². The standard InChI is InChI=1S/C48H28BNO3/c1-5-19-41-34(13-1)35-14-2-6-20-42(35)50(41)32-23-24-40-45(28-32)51-46-27-31(26-39-37-16-4-8-22-44(37)53-49(40)47(39)46)29-11-9-12-30(25-29)33-17-10-18-38-36-15-3-7-21-43(36)52-48(33)38/h1-28H. The fourth-order valence-electron chi connectivity index (χ4n) is 8.69. The molecule has 4 heterocycles. The van der Waals surface area contributed by atoms with Crippen LogP contribution in [0.4, 0.5) is 0 Å². The lowest BCUT2D eigenvalue weighted by Crippen LogP contribution is -2.53. The van der Waals surface area contributed by atoms with Crippen LogP contribution in [-0.2, 0) is 0 Å². The van der Waals surface area contributed by atoms with Crippen molar-refractivity contribution in [3.8, 4) is 56.3 Å². The Morgan fingerprint density at radius 2 is 1.13 bits per heavy atom. The summed E-state index contributed by atoms with van der Waals surface area (Å²) in [5.74, 6) is 2.49. The third kappa shape index (κ3) is 4.13. The van der Waals surface area contributed by atoms with Crippen molar-refractivity contribution < 1.29 is 13.8 Å². The van der Waals surface area contributed by atoms with Gasteiger partial charge < -0.3 is 18.4 Å². The van der Waals surface area contributed by atoms with Crippen LogP contribution < -0.4 is 20.3 Å². The highest BCUT2D eigenvalue weighted by Gasteiger charge is 2.41. The lowest BCUT2D eigenvalue weighted by atomic mass is 9.50. The monoisotopic (exact) mass is 677 g/mol. The lowest BCUT2D eigenvalue weighted by molar-refractivity contribution is 0.479. The fraction of sp³-hybridized carbons (Fsp3) is 0. The molecule has 2 aromatic heterocycles. The molecule has 5 heteroatoms. The first-order chi connectivity index (χ1) is 26.3. The molecule has 0 atom stereocenters. The lowest BCUT2D eigenvalue weighted by Gasteiger charge is -2.33. The molecular formula is C48H28BNO3. The number of rotatable bonds is 3. The molecule has 0 radical (unpaired) electrons. The van der Waals surface area contributed by atoms with Gasteiger partial charge in [-0.25, -0.2) is 0 Å². The van der Waals surface area contributed by atoms with E-state index in [9.17, 15) is 0 Å². The van der Waals surface area contributed by atoms with Gasteiger partial charge in [-0.2, -0.15) is 0 Å². The summed E-state index contributed by atoms with van der Waals surface area (Å²) in [6.07, 6.45) is 0. The zero-order valence-corrected chi connectivity index (χ0v) is 28.4. The van der Waals surface area contributed by atoms with E-state index < -0.39 is 0 Å². The van der Waals surface area contributed by atoms with Gasteiger partial charge in [0.15, 0.2) is 0 Å². The minimum atomic E-state index is -0.295. The average Bonchev–Trinajstić information content (AvgIpc) is 3.77. The zero-order valence-electron chi connectivity index (χ0n) is 28.4. The second kappa shape index (κ2) is 10.8. The van der Waals surface area contributed by atoms with Gasteiger partial charge in [0.25, 0.3) is 0 Å². The van der Waals surface area contributed by atoms with Crippen molar-refractivity contribution >= 4 is 61.6 Å². The topological polar surface area (TPSA) is 36.5 Å². The minimum Gasteiger partial charge on any atom is -0.551 e. The predicted molar refractivity (Wildman–Crippen MR) is 217 cm³/mol. The van der Waals surface area contributed by atoms with Crippen molar-refractivity contribution in [1.82, 2.24) is 4.57 Å². The normalized spacial score (nSPS) is 12.8. The number of furan rings is 1. The van der Waals surface area contributed by atoms with E-state index in [1.54, 1.807) is 0 Å². The molecule has 10 aromatic rings. The molecule has 53 heavy (non-hydrogen) atoms. The maximum absolute atomic E-state index is 6.96. The molecule has 0 unspecified atom stereocenters. The number of fused-ring (bicyclic) bond motifs is 10. The van der Waals surface area contributed by atoms with E-state index in [-0.39, 0.29) is 6.92 Å². The maximum atomic E-state index is 6.96. The Hall–Kier alpha value is -6.98. The fourth-order valence-corrected chi connectivity index (χ4v) is 8.69. The van der Waals surface area contributed by atoms with Crippen molar-refractivity contribution in [3.63, 3.8) is 0 Å². The summed E-state index contributed by atoms with van der Waals surface area (Å²) in [6.45, 7) is -0.295. The average molecular weight is 678 g/mol. The van der Waals surface area contributed by atoms with E-state index in [1.807, 2.05) is 18.2 Å². The predicted octanol–water partition coefficient (Wildman–Crippen LogP) is 11.3. The summed E-state index contributed by atoms with van der Waals surface area (Å²) in [5.41, 5.74) is 13.8. The van der Waals surface area contributed by atoms with E-state index in [2.05, 4.69) is 156 Å². The summed E-state index contributed by atoms with van der Waals surface area (Å²) in [6, 6.07) is 59.9. The molecule has 4 nitrogen and oxygen atoms in total. The van der Waals surface area contributed by atoms with Crippen molar-refractivity contribution in [2.24, 2.45) is 0 Å². The van der Waals surface area contributed by atoms with E-state index in [1.165, 1.54) is 10.8 Å². The molecule has 0 aliphatic carbocycles. The third-order valence-corrected chi connectivity index (χ3v) is 11.1. The molecule has 8 aromatic carbocycles. The second-order valence-electron chi connectivity index (χ2n) is 14.0. The number of nitrogens with zero attached hydrogens (tertiary/aromatic N) is 1. The molecular weight excluding hydrogens is 649 g/mol. The summed E-state index contributed by atoms with van der Waals surface area (Å²) in [7, 11) is 0. The highest BCUT2D eigenvalue weighted by Crippen LogP contribution is 2.43. The smallest absolute Gasteiger partial charge is 0.434 e. The molecule has 0 amide bonds. The number of ether oxygens (including phenoxy) is 1. The molecule has 2 aliphatic rings. The van der Waals surface area contributed by atoms with Gasteiger partial charge in [0.05, 0.1) is 11.0 Å². The van der Waals surface area contributed by atoms with E-state index in [0.29, 0.717) is 0 Å². The number of hydrogen-bond acceptors (Lipinski definition) is 3. The minimum absolute atomic E-state index is 0.295. The Balaban J connectivity index is 1.02. The van der Waals surface area contributed by atoms with Crippen LogP contribution in [0.1, 0.15) is 0 Å². The highest BCUT2D eigenvalue weighted by molar-refractivity contribution is 6.84. The molecule has 246 valence electrons. The first-order valence-corrected chi connectivity index (χ1v) is 18.0. The largest absolute Gasteiger partial charge is 0.551 e. The number of benzene rings is 8. The molecule has 0 N–H and O–H groups in total. The van der Waals surface area contributed by atoms with Crippen molar-refractivity contribution in [3.05, 3.63) is 170 Å². The quantitative estimate of drug-likeness (QED) is 0.175. The van der Waals surface area contributed by atoms with Gasteiger partial charge in [0.1, 0.15) is 28.4 Å². The van der Waals surface area contributed by atoms with Gasteiger partial charge in [-0.05, 0) is 70.8 Å². The molecule has 12 rings (SSSR count). The van der Waals surface area contributed by atoms with Gasteiger partial charge in [-0.3, -0.25) is 0 Å². The summed E-state index contributed by atoms with van der Waals surface area (Å²) in [4.78, 5) is 0. The first-order valence-electron chi connectivity index (χ1n) is 18.0. The molecule has 0 spiro atoms. The summed E-state index contributed by atoms with van der Waals surface area (Å²) >= 11 is 0. The van der Waals surface area contributed by atoms with Crippen LogP contribution in [0.2, 0.25) is 0 Å². The first kappa shape index (κ1) is 28.7. The van der Waals surface area contributed by atoms with Gasteiger partial charge in [-0.15, -0.1) is 0 Å². The van der Waals surface area contributed by atoms with Crippen molar-refractivity contribution in [2.45, 2.75) is 0 Å². The molecule has 0 bridgehead atoms. The van der Waals surface area contributed by atoms with E-state index in [0.717, 1.165) is 100 Å². The second-order valence-corrected chi connectivity index (χ2v) is 14.0. The van der Waals surface area contributed by atoms with Crippen LogP contribution in [0.5, 0.6) is 17.2 Å². The van der Waals surface area contributed by atoms with Gasteiger partial charge in [-0.1, -0.05) is 115 Å². The van der Waals surface area contributed by atoms with Crippen LogP contribution in [0.3, 0.4) is 0 Å². The Morgan fingerprint density at radius 1 is 0.434 bits per heavy atom. The molecule has 2 aliphatic heterocycles. The Morgan fingerprint density at radius 3 is 2.00 bits per heavy atom. The van der Waals surface area contributed by atoms with Crippen LogP contribution in [0.25, 0.3) is 82.8 Å². The van der Waals surface area contributed by atoms with Crippen molar-refractivity contribution in [2.75, 3.05) is 0 Å². The van der Waals surface area contributed by atoms with E-state index >= 15 is 0 Å². The molecule has 0 saturated carbocycles. The zero-order chi connectivity index (χ0) is 34.6. The van der Waals surface area contributed by atoms with Crippen LogP contribution >= 0.6 is 0 Å².